The molecule has 1 aliphatic rings. The maximum Gasteiger partial charge on any atom is 0.415 e. The Bertz CT molecular complexity index is 1240. The zero-order chi connectivity index (χ0) is 23.9. The second-order valence-corrected chi connectivity index (χ2v) is 8.83. The van der Waals surface area contributed by atoms with Gasteiger partial charge >= 0.3 is 12.1 Å². The van der Waals surface area contributed by atoms with Crippen molar-refractivity contribution < 1.29 is 28.2 Å². The van der Waals surface area contributed by atoms with Crippen LogP contribution in [-0.4, -0.2) is 30.8 Å². The lowest BCUT2D eigenvalue weighted by molar-refractivity contribution is 0.0697. The van der Waals surface area contributed by atoms with Gasteiger partial charge < -0.3 is 14.7 Å². The van der Waals surface area contributed by atoms with Crippen LogP contribution in [0.2, 0.25) is 5.02 Å². The Morgan fingerprint density at radius 3 is 2.58 bits per heavy atom. The maximum atomic E-state index is 14.4. The van der Waals surface area contributed by atoms with E-state index in [0.29, 0.717) is 15.5 Å². The number of anilines is 2. The van der Waals surface area contributed by atoms with Crippen molar-refractivity contribution in [2.75, 3.05) is 23.5 Å². The van der Waals surface area contributed by atoms with Crippen molar-refractivity contribution in [3.63, 3.8) is 0 Å². The van der Waals surface area contributed by atoms with E-state index in [0.717, 1.165) is 39.6 Å². The van der Waals surface area contributed by atoms with Crippen molar-refractivity contribution in [3.8, 4) is 10.4 Å². The van der Waals surface area contributed by atoms with Gasteiger partial charge in [-0.15, -0.1) is 11.3 Å². The van der Waals surface area contributed by atoms with Crippen LogP contribution >= 0.6 is 22.9 Å². The highest BCUT2D eigenvalue weighted by Crippen LogP contribution is 2.49. The molecule has 0 bridgehead atoms. The molecule has 6 nitrogen and oxygen atoms in total. The number of benzene rings is 2. The highest BCUT2D eigenvalue weighted by atomic mass is 35.5. The van der Waals surface area contributed by atoms with Gasteiger partial charge in [0.2, 0.25) is 0 Å². The molecule has 33 heavy (non-hydrogen) atoms. The number of hydrogen-bond donors (Lipinski definition) is 1. The van der Waals surface area contributed by atoms with Gasteiger partial charge in [-0.1, -0.05) is 17.7 Å². The van der Waals surface area contributed by atoms with Crippen molar-refractivity contribution in [3.05, 3.63) is 69.7 Å². The number of carbonyl (C=O) groups excluding carboxylic acids is 1. The van der Waals surface area contributed by atoms with E-state index in [2.05, 4.69) is 0 Å². The van der Waals surface area contributed by atoms with E-state index in [1.54, 1.807) is 32.2 Å². The standard InChI is InChI=1S/C23H19ClF2N2O4S/c1-3-32-23(31)28(11-14-16(25)5-4-6-17(14)26)21-19(22(29)30)15-10-27(2)18-9-12(24)7-8-13(18)20(15)33-21/h4-9H,3,10-11H2,1-2H3,(H,29,30). The van der Waals surface area contributed by atoms with Gasteiger partial charge in [-0.2, -0.15) is 0 Å². The summed E-state index contributed by atoms with van der Waals surface area (Å²) in [4.78, 5) is 28.7. The molecule has 4 rings (SSSR count). The number of carbonyl (C=O) groups is 2. The summed E-state index contributed by atoms with van der Waals surface area (Å²) in [5, 5.41) is 10.6. The molecule has 0 atom stereocenters. The molecule has 2 aromatic carbocycles. The zero-order valence-electron chi connectivity index (χ0n) is 17.7. The number of fused-ring (bicyclic) bond motifs is 3. The van der Waals surface area contributed by atoms with Crippen LogP contribution in [0.25, 0.3) is 10.4 Å². The summed E-state index contributed by atoms with van der Waals surface area (Å²) in [5.41, 5.74) is 1.60. The molecule has 0 saturated carbocycles. The van der Waals surface area contributed by atoms with Crippen molar-refractivity contribution in [2.24, 2.45) is 0 Å². The van der Waals surface area contributed by atoms with Gasteiger partial charge in [0.15, 0.2) is 0 Å². The minimum absolute atomic E-state index is 0.00660. The first-order valence-electron chi connectivity index (χ1n) is 10.00. The Balaban J connectivity index is 1.91. The number of aromatic carboxylic acids is 1. The third-order valence-electron chi connectivity index (χ3n) is 5.32. The molecule has 1 N–H and O–H groups in total. The molecule has 0 spiro atoms. The van der Waals surface area contributed by atoms with Gasteiger partial charge in [0.1, 0.15) is 22.2 Å². The number of halogens is 3. The fraction of sp³-hybridized carbons (Fsp3) is 0.217. The minimum atomic E-state index is -1.25. The summed E-state index contributed by atoms with van der Waals surface area (Å²) in [6.45, 7) is 1.32. The average Bonchev–Trinajstić information content (AvgIpc) is 3.13. The van der Waals surface area contributed by atoms with Crippen LogP contribution in [0.5, 0.6) is 0 Å². The van der Waals surface area contributed by atoms with Crippen molar-refractivity contribution >= 4 is 45.7 Å². The van der Waals surface area contributed by atoms with Gasteiger partial charge in [-0.3, -0.25) is 4.90 Å². The Kier molecular flexibility index (Phi) is 6.27. The highest BCUT2D eigenvalue weighted by molar-refractivity contribution is 7.20. The molecular weight excluding hydrogens is 474 g/mol. The first kappa shape index (κ1) is 23.0. The Labute approximate surface area is 197 Å². The molecule has 0 saturated heterocycles. The number of carboxylic acids is 1. The van der Waals surface area contributed by atoms with Crippen LogP contribution in [0.4, 0.5) is 24.3 Å². The fourth-order valence-corrected chi connectivity index (χ4v) is 5.32. The molecule has 0 aliphatic carbocycles. The lowest BCUT2D eigenvalue weighted by atomic mass is 9.98. The van der Waals surface area contributed by atoms with Crippen molar-refractivity contribution in [2.45, 2.75) is 20.0 Å². The fourth-order valence-electron chi connectivity index (χ4n) is 3.83. The van der Waals surface area contributed by atoms with Crippen molar-refractivity contribution in [1.82, 2.24) is 0 Å². The number of nitrogens with zero attached hydrogens (tertiary/aromatic N) is 2. The number of hydrogen-bond acceptors (Lipinski definition) is 5. The Morgan fingerprint density at radius 2 is 1.94 bits per heavy atom. The van der Waals surface area contributed by atoms with E-state index < -0.39 is 30.2 Å². The van der Waals surface area contributed by atoms with Crippen LogP contribution in [0.3, 0.4) is 0 Å². The van der Waals surface area contributed by atoms with E-state index in [-0.39, 0.29) is 29.3 Å². The van der Waals surface area contributed by atoms with Crippen LogP contribution in [0.15, 0.2) is 36.4 Å². The number of rotatable bonds is 5. The summed E-state index contributed by atoms with van der Waals surface area (Å²) in [6, 6.07) is 8.62. The summed E-state index contributed by atoms with van der Waals surface area (Å²) in [7, 11) is 1.80. The van der Waals surface area contributed by atoms with E-state index in [1.807, 2.05) is 4.90 Å². The number of amides is 1. The Morgan fingerprint density at radius 1 is 1.24 bits per heavy atom. The van der Waals surface area contributed by atoms with Crippen LogP contribution in [-0.2, 0) is 17.8 Å². The van der Waals surface area contributed by atoms with Gasteiger partial charge in [-0.05, 0) is 37.3 Å². The summed E-state index contributed by atoms with van der Waals surface area (Å²) in [6.07, 6.45) is -0.897. The average molecular weight is 493 g/mol. The molecule has 2 heterocycles. The van der Waals surface area contributed by atoms with Gasteiger partial charge in [0, 0.05) is 45.9 Å². The molecule has 3 aromatic rings. The molecule has 1 aromatic heterocycles. The Hall–Kier alpha value is -3.17. The molecular formula is C23H19ClF2N2O4S. The van der Waals surface area contributed by atoms with E-state index in [4.69, 9.17) is 16.3 Å². The number of ether oxygens (including phenoxy) is 1. The van der Waals surface area contributed by atoms with Gasteiger partial charge in [-0.25, -0.2) is 18.4 Å². The number of thiophene rings is 1. The normalized spacial score (nSPS) is 12.2. The topological polar surface area (TPSA) is 70.1 Å². The lowest BCUT2D eigenvalue weighted by Crippen LogP contribution is -2.32. The number of carboxylic acid groups (broad SMARTS) is 1. The van der Waals surface area contributed by atoms with E-state index >= 15 is 0 Å². The SMILES string of the molecule is CCOC(=O)N(Cc1c(F)cccc1F)c1sc2c(c1C(=O)O)CN(C)c1cc(Cl)ccc1-2. The van der Waals surface area contributed by atoms with E-state index in [9.17, 15) is 23.5 Å². The van der Waals surface area contributed by atoms with Gasteiger partial charge in [0.25, 0.3) is 0 Å². The molecule has 0 unspecified atom stereocenters. The monoisotopic (exact) mass is 492 g/mol. The lowest BCUT2D eigenvalue weighted by Gasteiger charge is -2.28. The summed E-state index contributed by atoms with van der Waals surface area (Å²) < 4.78 is 33.9. The third-order valence-corrected chi connectivity index (χ3v) is 6.85. The smallest absolute Gasteiger partial charge is 0.415 e. The maximum absolute atomic E-state index is 14.4. The molecule has 0 radical (unpaired) electrons. The first-order chi connectivity index (χ1) is 15.7. The summed E-state index contributed by atoms with van der Waals surface area (Å²) in [5.74, 6) is -2.94. The molecule has 10 heteroatoms. The summed E-state index contributed by atoms with van der Waals surface area (Å²) >= 11 is 7.21. The third kappa shape index (κ3) is 4.14. The first-order valence-corrected chi connectivity index (χ1v) is 11.2. The van der Waals surface area contributed by atoms with Crippen LogP contribution in [0, 0.1) is 11.6 Å². The second-order valence-electron chi connectivity index (χ2n) is 7.40. The largest absolute Gasteiger partial charge is 0.478 e. The predicted octanol–water partition coefficient (Wildman–Crippen LogP) is 6.16. The van der Waals surface area contributed by atoms with Crippen LogP contribution < -0.4 is 9.80 Å². The van der Waals surface area contributed by atoms with Crippen molar-refractivity contribution in [1.29, 1.82) is 0 Å². The highest BCUT2D eigenvalue weighted by Gasteiger charge is 2.35. The predicted molar refractivity (Wildman–Crippen MR) is 123 cm³/mol. The quantitative estimate of drug-likeness (QED) is 0.462. The van der Waals surface area contributed by atoms with E-state index in [1.165, 1.54) is 6.07 Å². The molecule has 1 amide bonds. The van der Waals surface area contributed by atoms with Gasteiger partial charge in [0.05, 0.1) is 13.2 Å². The molecule has 1 aliphatic heterocycles. The second kappa shape index (κ2) is 8.99. The zero-order valence-corrected chi connectivity index (χ0v) is 19.3. The molecule has 0 fully saturated rings. The minimum Gasteiger partial charge on any atom is -0.478 e. The van der Waals surface area contributed by atoms with Crippen LogP contribution in [0.1, 0.15) is 28.4 Å². The molecule has 172 valence electrons.